The molecular weight excluding hydrogens is 437 g/mol. The van der Waals surface area contributed by atoms with E-state index in [1.165, 1.54) is 24.3 Å². The summed E-state index contributed by atoms with van der Waals surface area (Å²) in [5, 5.41) is 0.937. The zero-order valence-corrected chi connectivity index (χ0v) is 20.0. The summed E-state index contributed by atoms with van der Waals surface area (Å²) >= 11 is 0. The van der Waals surface area contributed by atoms with Gasteiger partial charge in [-0.15, -0.1) is 0 Å². The summed E-state index contributed by atoms with van der Waals surface area (Å²) < 4.78 is 23.6. The summed E-state index contributed by atoms with van der Waals surface area (Å²) in [5.41, 5.74) is 2.07. The Morgan fingerprint density at radius 2 is 1.74 bits per heavy atom. The molecule has 34 heavy (non-hydrogen) atoms. The number of anilines is 1. The maximum atomic E-state index is 13.1. The molecule has 0 saturated heterocycles. The van der Waals surface area contributed by atoms with E-state index in [0.29, 0.717) is 25.3 Å². The minimum Gasteiger partial charge on any atom is -0.497 e. The highest BCUT2D eigenvalue weighted by atomic mass is 19.1. The van der Waals surface area contributed by atoms with Crippen LogP contribution in [0, 0.1) is 5.82 Å². The second kappa shape index (κ2) is 11.6. The number of carbonyl (C=O) groups excluding carboxylic acids is 2. The number of carbonyl (C=O) groups is 2. The number of ketones is 1. The van der Waals surface area contributed by atoms with Crippen LogP contribution in [0.3, 0.4) is 0 Å². The molecule has 1 heterocycles. The van der Waals surface area contributed by atoms with E-state index < -0.39 is 5.82 Å². The third-order valence-electron chi connectivity index (χ3n) is 5.52. The van der Waals surface area contributed by atoms with Crippen LogP contribution in [-0.2, 0) is 16.1 Å². The Labute approximate surface area is 199 Å². The third kappa shape index (κ3) is 6.29. The quantitative estimate of drug-likeness (QED) is 0.396. The Morgan fingerprint density at radius 3 is 2.38 bits per heavy atom. The lowest BCUT2D eigenvalue weighted by atomic mass is 10.1. The van der Waals surface area contributed by atoms with Gasteiger partial charge in [0.1, 0.15) is 17.4 Å². The number of rotatable bonds is 11. The number of amides is 1. The van der Waals surface area contributed by atoms with E-state index in [1.54, 1.807) is 19.1 Å². The van der Waals surface area contributed by atoms with E-state index in [1.807, 2.05) is 43.3 Å². The smallest absolute Gasteiger partial charge is 0.223 e. The van der Waals surface area contributed by atoms with Gasteiger partial charge in [0.05, 0.1) is 19.2 Å². The zero-order chi connectivity index (χ0) is 24.7. The maximum absolute atomic E-state index is 13.1. The van der Waals surface area contributed by atoms with Crippen LogP contribution < -0.4 is 9.64 Å². The Bertz CT molecular complexity index is 1150. The van der Waals surface area contributed by atoms with Gasteiger partial charge in [-0.05, 0) is 42.5 Å². The van der Waals surface area contributed by atoms with Gasteiger partial charge in [-0.2, -0.15) is 0 Å². The fourth-order valence-corrected chi connectivity index (χ4v) is 3.67. The molecule has 7 nitrogen and oxygen atoms in total. The first-order valence-electron chi connectivity index (χ1n) is 11.0. The molecular formula is C26H30FN3O4. The Hall–Kier alpha value is -3.52. The zero-order valence-electron chi connectivity index (χ0n) is 20.0. The van der Waals surface area contributed by atoms with Crippen LogP contribution in [-0.4, -0.2) is 63.0 Å². The lowest BCUT2D eigenvalue weighted by Crippen LogP contribution is -2.34. The molecule has 0 atom stereocenters. The molecule has 0 unspecified atom stereocenters. The van der Waals surface area contributed by atoms with Gasteiger partial charge < -0.3 is 19.3 Å². The Kier molecular flexibility index (Phi) is 8.54. The minimum atomic E-state index is -0.405. The van der Waals surface area contributed by atoms with Crippen molar-refractivity contribution in [2.75, 3.05) is 46.4 Å². The van der Waals surface area contributed by atoms with Gasteiger partial charge in [0, 0.05) is 69.7 Å². The van der Waals surface area contributed by atoms with E-state index in [2.05, 4.69) is 0 Å². The minimum absolute atomic E-state index is 0.0459. The number of nitrogens with zero attached hydrogens (tertiary/aromatic N) is 3. The molecule has 3 rings (SSSR count). The van der Waals surface area contributed by atoms with E-state index in [9.17, 15) is 14.0 Å². The van der Waals surface area contributed by atoms with Crippen LogP contribution >= 0.6 is 0 Å². The van der Waals surface area contributed by atoms with Crippen LogP contribution in [0.25, 0.3) is 10.9 Å². The summed E-state index contributed by atoms with van der Waals surface area (Å²) in [6, 6.07) is 13.1. The van der Waals surface area contributed by atoms with E-state index >= 15 is 0 Å². The van der Waals surface area contributed by atoms with Crippen molar-refractivity contribution >= 4 is 28.4 Å². The number of aromatic nitrogens is 1. The monoisotopic (exact) mass is 467 g/mol. The topological polar surface area (TPSA) is 72.0 Å². The van der Waals surface area contributed by atoms with Crippen molar-refractivity contribution in [3.63, 3.8) is 0 Å². The average molecular weight is 468 g/mol. The third-order valence-corrected chi connectivity index (χ3v) is 5.52. The molecule has 0 spiro atoms. The van der Waals surface area contributed by atoms with Crippen LogP contribution in [0.15, 0.2) is 48.5 Å². The molecule has 0 aliphatic heterocycles. The van der Waals surface area contributed by atoms with Crippen molar-refractivity contribution in [3.05, 3.63) is 65.5 Å². The van der Waals surface area contributed by atoms with E-state index in [-0.39, 0.29) is 24.5 Å². The van der Waals surface area contributed by atoms with Gasteiger partial charge in [0.25, 0.3) is 0 Å². The van der Waals surface area contributed by atoms with Gasteiger partial charge in [-0.25, -0.2) is 9.37 Å². The van der Waals surface area contributed by atoms with Crippen LogP contribution in [0.5, 0.6) is 5.75 Å². The number of hydrogen-bond acceptors (Lipinski definition) is 6. The van der Waals surface area contributed by atoms with E-state index in [0.717, 1.165) is 28.0 Å². The SMILES string of the molecule is COCCN(Cc1cc2ccc(OC)cc2nc1N(C)C)C(=O)CCC(=O)c1ccc(F)cc1. The van der Waals surface area contributed by atoms with Crippen LogP contribution in [0.4, 0.5) is 10.2 Å². The summed E-state index contributed by atoms with van der Waals surface area (Å²) in [6.07, 6.45) is 0.0969. The van der Waals surface area contributed by atoms with Gasteiger partial charge in [-0.1, -0.05) is 0 Å². The molecule has 3 aromatic rings. The number of pyridine rings is 1. The number of Topliss-reactive ketones (excluding diaryl/α,β-unsaturated/α-hetero) is 1. The largest absolute Gasteiger partial charge is 0.497 e. The first-order chi connectivity index (χ1) is 16.3. The molecule has 180 valence electrons. The van der Waals surface area contributed by atoms with Gasteiger partial charge in [0.15, 0.2) is 5.78 Å². The highest BCUT2D eigenvalue weighted by Crippen LogP contribution is 2.27. The normalized spacial score (nSPS) is 10.9. The molecule has 0 radical (unpaired) electrons. The lowest BCUT2D eigenvalue weighted by molar-refractivity contribution is -0.132. The van der Waals surface area contributed by atoms with E-state index in [4.69, 9.17) is 14.5 Å². The number of halogens is 1. The fraction of sp³-hybridized carbons (Fsp3) is 0.346. The highest BCUT2D eigenvalue weighted by Gasteiger charge is 2.19. The number of ether oxygens (including phenoxy) is 2. The molecule has 0 N–H and O–H groups in total. The molecule has 1 amide bonds. The van der Waals surface area contributed by atoms with Gasteiger partial charge >= 0.3 is 0 Å². The molecule has 0 bridgehead atoms. The number of fused-ring (bicyclic) bond motifs is 1. The molecule has 2 aromatic carbocycles. The molecule has 0 fully saturated rings. The molecule has 0 saturated carbocycles. The van der Waals surface area contributed by atoms with Crippen molar-refractivity contribution in [1.29, 1.82) is 0 Å². The highest BCUT2D eigenvalue weighted by molar-refractivity contribution is 5.98. The Morgan fingerprint density at radius 1 is 1.00 bits per heavy atom. The lowest BCUT2D eigenvalue weighted by Gasteiger charge is -2.25. The molecule has 8 heteroatoms. The summed E-state index contributed by atoms with van der Waals surface area (Å²) in [7, 11) is 7.00. The van der Waals surface area contributed by atoms with Crippen LogP contribution in [0.1, 0.15) is 28.8 Å². The fourth-order valence-electron chi connectivity index (χ4n) is 3.67. The Balaban J connectivity index is 1.80. The van der Waals surface area contributed by atoms with Crippen molar-refractivity contribution in [1.82, 2.24) is 9.88 Å². The van der Waals surface area contributed by atoms with Crippen LogP contribution in [0.2, 0.25) is 0 Å². The second-order valence-corrected chi connectivity index (χ2v) is 8.16. The number of benzene rings is 2. The van der Waals surface area contributed by atoms with Crippen molar-refractivity contribution < 1.29 is 23.5 Å². The van der Waals surface area contributed by atoms with Crippen molar-refractivity contribution in [2.45, 2.75) is 19.4 Å². The maximum Gasteiger partial charge on any atom is 0.223 e. The predicted octanol–water partition coefficient (Wildman–Crippen LogP) is 4.09. The number of hydrogen-bond donors (Lipinski definition) is 0. The summed E-state index contributed by atoms with van der Waals surface area (Å²) in [6.45, 7) is 1.08. The molecule has 0 aliphatic carbocycles. The van der Waals surface area contributed by atoms with Crippen molar-refractivity contribution in [2.24, 2.45) is 0 Å². The first kappa shape index (κ1) is 25.1. The van der Waals surface area contributed by atoms with Crippen molar-refractivity contribution in [3.8, 4) is 5.75 Å². The average Bonchev–Trinajstić information content (AvgIpc) is 2.84. The second-order valence-electron chi connectivity index (χ2n) is 8.16. The molecule has 0 aliphatic rings. The van der Waals surface area contributed by atoms with Gasteiger partial charge in [0.2, 0.25) is 5.91 Å². The standard InChI is InChI=1S/C26H30FN3O4/c1-29(2)26-20(15-19-7-10-22(34-4)16-23(19)28-26)17-30(13-14-33-3)25(32)12-11-24(31)18-5-8-21(27)9-6-18/h5-10,15-16H,11-14,17H2,1-4H3. The first-order valence-corrected chi connectivity index (χ1v) is 11.0. The molecule has 1 aromatic heterocycles. The summed E-state index contributed by atoms with van der Waals surface area (Å²) in [4.78, 5) is 33.9. The van der Waals surface area contributed by atoms with Gasteiger partial charge in [-0.3, -0.25) is 9.59 Å². The predicted molar refractivity (Wildman–Crippen MR) is 130 cm³/mol. The summed E-state index contributed by atoms with van der Waals surface area (Å²) in [5.74, 6) is 0.707. The number of methoxy groups -OCH3 is 2.